The highest BCUT2D eigenvalue weighted by Gasteiger charge is 2.26. The van der Waals surface area contributed by atoms with Crippen LogP contribution in [-0.4, -0.2) is 46.1 Å². The largest absolute Gasteiger partial charge is 0.394 e. The van der Waals surface area contributed by atoms with Crippen LogP contribution in [0.3, 0.4) is 0 Å². The molecule has 5 nitrogen and oxygen atoms in total. The molecule has 0 aliphatic carbocycles. The second-order valence-electron chi connectivity index (χ2n) is 12.0. The molecular formula is C37H69NO4. The number of carbonyl (C=O) groups excluding carboxylic acids is 1. The highest BCUT2D eigenvalue weighted by molar-refractivity contribution is 5.76. The van der Waals surface area contributed by atoms with Crippen LogP contribution in [-0.2, 0) is 4.79 Å². The van der Waals surface area contributed by atoms with Crippen molar-refractivity contribution in [3.63, 3.8) is 0 Å². The zero-order chi connectivity index (χ0) is 30.9. The average molecular weight is 592 g/mol. The number of nitrogens with one attached hydrogen (secondary N) is 1. The van der Waals surface area contributed by atoms with E-state index >= 15 is 0 Å². The molecule has 4 N–H and O–H groups in total. The van der Waals surface area contributed by atoms with E-state index in [1.807, 2.05) is 0 Å². The molecule has 246 valence electrons. The van der Waals surface area contributed by atoms with Crippen molar-refractivity contribution >= 4 is 5.91 Å². The van der Waals surface area contributed by atoms with Gasteiger partial charge in [0.05, 0.1) is 18.8 Å². The molecule has 5 heteroatoms. The lowest BCUT2D eigenvalue weighted by molar-refractivity contribution is -0.124. The van der Waals surface area contributed by atoms with E-state index in [2.05, 4.69) is 55.6 Å². The van der Waals surface area contributed by atoms with Gasteiger partial charge in [-0.2, -0.15) is 0 Å². The Bertz CT molecular complexity index is 660. The molecule has 1 amide bonds. The molecule has 0 saturated heterocycles. The number of hydrogen-bond donors (Lipinski definition) is 4. The number of unbranched alkanes of at least 4 members (excludes halogenated alkanes) is 17. The van der Waals surface area contributed by atoms with Crippen LogP contribution in [0.1, 0.15) is 168 Å². The molecule has 0 aromatic heterocycles. The Hall–Kier alpha value is -1.43. The van der Waals surface area contributed by atoms with Crippen LogP contribution in [0.2, 0.25) is 0 Å². The van der Waals surface area contributed by atoms with Crippen molar-refractivity contribution in [3.8, 4) is 0 Å². The minimum absolute atomic E-state index is 0.167. The number of carbonyl (C=O) groups is 1. The molecule has 0 aliphatic heterocycles. The van der Waals surface area contributed by atoms with Gasteiger partial charge in [-0.05, 0) is 70.6 Å². The number of aliphatic hydroxyl groups excluding tert-OH is 3. The highest BCUT2D eigenvalue weighted by Crippen LogP contribution is 2.13. The summed E-state index contributed by atoms with van der Waals surface area (Å²) in [4.78, 5) is 12.3. The van der Waals surface area contributed by atoms with Gasteiger partial charge < -0.3 is 20.6 Å². The summed E-state index contributed by atoms with van der Waals surface area (Å²) in [6.45, 7) is 4.01. The van der Waals surface area contributed by atoms with Gasteiger partial charge in [0.1, 0.15) is 6.10 Å². The van der Waals surface area contributed by atoms with E-state index in [9.17, 15) is 20.1 Å². The maximum Gasteiger partial charge on any atom is 0.220 e. The van der Waals surface area contributed by atoms with Crippen LogP contribution in [0.4, 0.5) is 0 Å². The van der Waals surface area contributed by atoms with Gasteiger partial charge in [-0.1, -0.05) is 127 Å². The van der Waals surface area contributed by atoms with E-state index in [1.54, 1.807) is 0 Å². The Kier molecular flexibility index (Phi) is 31.4. The van der Waals surface area contributed by atoms with Gasteiger partial charge in [0.2, 0.25) is 5.91 Å². The molecule has 3 atom stereocenters. The average Bonchev–Trinajstić information content (AvgIpc) is 2.99. The molecule has 0 aromatic carbocycles. The second kappa shape index (κ2) is 32.5. The van der Waals surface area contributed by atoms with Gasteiger partial charge >= 0.3 is 0 Å². The zero-order valence-electron chi connectivity index (χ0n) is 27.6. The number of rotatable bonds is 31. The predicted molar refractivity (Wildman–Crippen MR) is 181 cm³/mol. The quantitative estimate of drug-likeness (QED) is 0.0478. The van der Waals surface area contributed by atoms with Crippen molar-refractivity contribution in [2.75, 3.05) is 6.61 Å². The third-order valence-corrected chi connectivity index (χ3v) is 7.95. The molecule has 0 rings (SSSR count). The highest BCUT2D eigenvalue weighted by atomic mass is 16.3. The van der Waals surface area contributed by atoms with Crippen molar-refractivity contribution in [3.05, 3.63) is 36.5 Å². The van der Waals surface area contributed by atoms with Crippen molar-refractivity contribution in [2.24, 2.45) is 0 Å². The first-order valence-corrected chi connectivity index (χ1v) is 17.8. The lowest BCUT2D eigenvalue weighted by Gasteiger charge is -2.26. The van der Waals surface area contributed by atoms with E-state index < -0.39 is 18.2 Å². The van der Waals surface area contributed by atoms with E-state index in [0.29, 0.717) is 12.8 Å². The smallest absolute Gasteiger partial charge is 0.220 e. The summed E-state index contributed by atoms with van der Waals surface area (Å²) in [6.07, 6.45) is 38.2. The normalized spacial score (nSPS) is 14.3. The monoisotopic (exact) mass is 592 g/mol. The summed E-state index contributed by atoms with van der Waals surface area (Å²) >= 11 is 0. The summed E-state index contributed by atoms with van der Waals surface area (Å²) in [5.41, 5.74) is 0. The van der Waals surface area contributed by atoms with Crippen LogP contribution in [0, 0.1) is 0 Å². The van der Waals surface area contributed by atoms with Crippen LogP contribution < -0.4 is 5.32 Å². The summed E-state index contributed by atoms with van der Waals surface area (Å²) < 4.78 is 0. The molecule has 0 radical (unpaired) electrons. The Labute approximate surface area is 260 Å². The molecule has 0 spiro atoms. The molecule has 0 bridgehead atoms. The number of aliphatic hydroxyl groups is 3. The molecule has 42 heavy (non-hydrogen) atoms. The van der Waals surface area contributed by atoms with E-state index in [0.717, 1.165) is 51.4 Å². The first-order chi connectivity index (χ1) is 20.6. The van der Waals surface area contributed by atoms with Crippen LogP contribution >= 0.6 is 0 Å². The Morgan fingerprint density at radius 2 is 1.05 bits per heavy atom. The van der Waals surface area contributed by atoms with E-state index in [4.69, 9.17) is 0 Å². The summed E-state index contributed by atoms with van der Waals surface area (Å²) in [5, 5.41) is 33.1. The van der Waals surface area contributed by atoms with Gasteiger partial charge in [-0.3, -0.25) is 4.79 Å². The summed E-state index contributed by atoms with van der Waals surface area (Å²) in [7, 11) is 0. The van der Waals surface area contributed by atoms with Crippen LogP contribution in [0.25, 0.3) is 0 Å². The summed E-state index contributed by atoms with van der Waals surface area (Å²) in [6, 6.07) is -0.831. The van der Waals surface area contributed by atoms with Gasteiger partial charge in [0, 0.05) is 6.42 Å². The van der Waals surface area contributed by atoms with Gasteiger partial charge in [-0.15, -0.1) is 0 Å². The zero-order valence-corrected chi connectivity index (χ0v) is 27.6. The molecule has 0 heterocycles. The van der Waals surface area contributed by atoms with Crippen LogP contribution in [0.15, 0.2) is 36.5 Å². The molecule has 0 aliphatic rings. The molecule has 0 fully saturated rings. The summed E-state index contributed by atoms with van der Waals surface area (Å²) in [5.74, 6) is -0.167. The first kappa shape index (κ1) is 40.6. The lowest BCUT2D eigenvalue weighted by atomic mass is 10.0. The number of allylic oxidation sites excluding steroid dienone is 6. The van der Waals surface area contributed by atoms with Gasteiger partial charge in [0.25, 0.3) is 0 Å². The minimum atomic E-state index is -1.16. The SMILES string of the molecule is CC/C=C/CC/C=C/CCCC(O)C(O)C(CO)NC(=O)CCCCCCCCC/C=C\CCCCCCCCCC. The predicted octanol–water partition coefficient (Wildman–Crippen LogP) is 9.26. The van der Waals surface area contributed by atoms with Gasteiger partial charge in [0.15, 0.2) is 0 Å². The second-order valence-corrected chi connectivity index (χ2v) is 12.0. The number of amides is 1. The maximum absolute atomic E-state index is 12.3. The van der Waals surface area contributed by atoms with Crippen molar-refractivity contribution in [1.82, 2.24) is 5.32 Å². The van der Waals surface area contributed by atoms with E-state index in [-0.39, 0.29) is 12.5 Å². The van der Waals surface area contributed by atoms with E-state index in [1.165, 1.54) is 89.9 Å². The van der Waals surface area contributed by atoms with Gasteiger partial charge in [-0.25, -0.2) is 0 Å². The fraction of sp³-hybridized carbons (Fsp3) is 0.811. The Morgan fingerprint density at radius 1 is 0.595 bits per heavy atom. The Balaban J connectivity index is 3.70. The van der Waals surface area contributed by atoms with Crippen molar-refractivity contribution < 1.29 is 20.1 Å². The minimum Gasteiger partial charge on any atom is -0.394 e. The van der Waals surface area contributed by atoms with Crippen LogP contribution in [0.5, 0.6) is 0 Å². The van der Waals surface area contributed by atoms with Crippen molar-refractivity contribution in [2.45, 2.75) is 186 Å². The first-order valence-electron chi connectivity index (χ1n) is 17.8. The fourth-order valence-electron chi connectivity index (χ4n) is 5.18. The molecule has 0 aromatic rings. The Morgan fingerprint density at radius 3 is 1.57 bits per heavy atom. The van der Waals surface area contributed by atoms with Crippen molar-refractivity contribution in [1.29, 1.82) is 0 Å². The lowest BCUT2D eigenvalue weighted by Crippen LogP contribution is -2.50. The topological polar surface area (TPSA) is 89.8 Å². The number of hydrogen-bond acceptors (Lipinski definition) is 4. The third-order valence-electron chi connectivity index (χ3n) is 7.95. The maximum atomic E-state index is 12.3. The third kappa shape index (κ3) is 27.4. The molecule has 3 unspecified atom stereocenters. The standard InChI is InChI=1S/C37H69NO4/c1-3-5-7-9-11-13-14-15-16-17-18-19-20-21-22-24-26-28-30-32-36(41)38-34(33-39)37(42)35(40)31-29-27-25-23-12-10-8-6-4-2/h6,8,17-18,23,25,34-35,37,39-40,42H,3-5,7,9-16,19-22,24,26-33H2,1-2H3,(H,38,41)/b8-6+,18-17-,25-23+. The fourth-order valence-corrected chi connectivity index (χ4v) is 5.18. The molecular weight excluding hydrogens is 522 g/mol. The molecule has 0 saturated carbocycles.